The fourth-order valence-electron chi connectivity index (χ4n) is 3.21. The Bertz CT molecular complexity index is 991. The lowest BCUT2D eigenvalue weighted by atomic mass is 10.1. The van der Waals surface area contributed by atoms with E-state index >= 15 is 0 Å². The lowest BCUT2D eigenvalue weighted by Gasteiger charge is -2.16. The van der Waals surface area contributed by atoms with E-state index in [2.05, 4.69) is 25.4 Å². The number of hydrogen-bond donors (Lipinski definition) is 2. The highest BCUT2D eigenvalue weighted by molar-refractivity contribution is 6.04. The first-order chi connectivity index (χ1) is 12.7. The highest BCUT2D eigenvalue weighted by Crippen LogP contribution is 2.17. The van der Waals surface area contributed by atoms with Crippen molar-refractivity contribution in [1.29, 1.82) is 0 Å². The molecule has 0 atom stereocenters. The van der Waals surface area contributed by atoms with Gasteiger partial charge in [-0.1, -0.05) is 24.3 Å². The second-order valence-corrected chi connectivity index (χ2v) is 6.35. The smallest absolute Gasteiger partial charge is 0.272 e. The van der Waals surface area contributed by atoms with Crippen LogP contribution in [0.15, 0.2) is 47.4 Å². The molecule has 7 nitrogen and oxygen atoms in total. The minimum atomic E-state index is -0.332. The number of H-pyrrole nitrogens is 1. The number of amides is 1. The number of carbonyl (C=O) groups excluding carboxylic acids is 1. The van der Waals surface area contributed by atoms with E-state index < -0.39 is 0 Å². The maximum Gasteiger partial charge on any atom is 0.272 e. The Morgan fingerprint density at radius 2 is 1.88 bits per heavy atom. The van der Waals surface area contributed by atoms with Gasteiger partial charge in [-0.05, 0) is 30.5 Å². The quantitative estimate of drug-likeness (QED) is 0.750. The van der Waals surface area contributed by atoms with Gasteiger partial charge in [-0.15, -0.1) is 0 Å². The summed E-state index contributed by atoms with van der Waals surface area (Å²) in [7, 11) is 0. The van der Waals surface area contributed by atoms with Crippen LogP contribution in [0.3, 0.4) is 0 Å². The molecule has 0 spiro atoms. The summed E-state index contributed by atoms with van der Waals surface area (Å²) in [6.45, 7) is 2.45. The van der Waals surface area contributed by atoms with Gasteiger partial charge in [-0.3, -0.25) is 9.59 Å². The number of aromatic amines is 1. The minimum absolute atomic E-state index is 0.210. The highest BCUT2D eigenvalue weighted by atomic mass is 16.2. The second kappa shape index (κ2) is 6.95. The topological polar surface area (TPSA) is 91.0 Å². The predicted molar refractivity (Wildman–Crippen MR) is 99.2 cm³/mol. The summed E-state index contributed by atoms with van der Waals surface area (Å²) in [5.74, 6) is 0.645. The first kappa shape index (κ1) is 16.3. The third kappa shape index (κ3) is 3.15. The number of hydrogen-bond acceptors (Lipinski definition) is 5. The molecule has 0 saturated carbocycles. The van der Waals surface area contributed by atoms with Crippen LogP contribution in [-0.2, 0) is 6.54 Å². The monoisotopic (exact) mass is 349 g/mol. The molecule has 7 heteroatoms. The molecule has 0 aliphatic carbocycles. The maximum atomic E-state index is 12.5. The van der Waals surface area contributed by atoms with Crippen molar-refractivity contribution < 1.29 is 4.79 Å². The molecule has 1 fully saturated rings. The molecule has 1 saturated heterocycles. The number of nitrogens with zero attached hydrogens (tertiary/aromatic N) is 3. The van der Waals surface area contributed by atoms with Crippen molar-refractivity contribution >= 4 is 22.5 Å². The highest BCUT2D eigenvalue weighted by Gasteiger charge is 2.15. The van der Waals surface area contributed by atoms with E-state index in [1.54, 1.807) is 30.5 Å². The van der Waals surface area contributed by atoms with Crippen LogP contribution in [-0.4, -0.2) is 34.2 Å². The molecule has 0 unspecified atom stereocenters. The number of benzene rings is 1. The van der Waals surface area contributed by atoms with E-state index in [0.717, 1.165) is 24.5 Å². The van der Waals surface area contributed by atoms with Gasteiger partial charge in [0.15, 0.2) is 5.69 Å². The molecule has 1 aliphatic heterocycles. The Morgan fingerprint density at radius 3 is 2.62 bits per heavy atom. The van der Waals surface area contributed by atoms with E-state index in [9.17, 15) is 9.59 Å². The second-order valence-electron chi connectivity index (χ2n) is 6.35. The molecular formula is C19H19N5O2. The molecule has 132 valence electrons. The number of aromatic nitrogens is 3. The van der Waals surface area contributed by atoms with Gasteiger partial charge in [-0.2, -0.15) is 5.10 Å². The molecule has 3 aromatic rings. The van der Waals surface area contributed by atoms with Gasteiger partial charge in [0.2, 0.25) is 0 Å². The van der Waals surface area contributed by atoms with E-state index in [0.29, 0.717) is 17.3 Å². The number of carbonyl (C=O) groups is 1. The van der Waals surface area contributed by atoms with Crippen LogP contribution in [0.25, 0.3) is 10.8 Å². The molecule has 0 radical (unpaired) electrons. The van der Waals surface area contributed by atoms with E-state index in [-0.39, 0.29) is 17.2 Å². The molecule has 4 rings (SSSR count). The summed E-state index contributed by atoms with van der Waals surface area (Å²) >= 11 is 0. The Balaban J connectivity index is 1.47. The van der Waals surface area contributed by atoms with Gasteiger partial charge in [-0.25, -0.2) is 10.1 Å². The number of anilines is 1. The summed E-state index contributed by atoms with van der Waals surface area (Å²) in [5, 5.41) is 10.1. The van der Waals surface area contributed by atoms with Crippen LogP contribution in [0.1, 0.15) is 28.9 Å². The third-order valence-electron chi connectivity index (χ3n) is 4.60. The molecule has 3 heterocycles. The normalized spacial score (nSPS) is 13.9. The molecule has 1 aliphatic rings. The van der Waals surface area contributed by atoms with E-state index in [1.807, 2.05) is 12.1 Å². The van der Waals surface area contributed by atoms with Crippen molar-refractivity contribution in [2.75, 3.05) is 18.0 Å². The van der Waals surface area contributed by atoms with Crippen LogP contribution < -0.4 is 15.8 Å². The summed E-state index contributed by atoms with van der Waals surface area (Å²) in [4.78, 5) is 31.1. The van der Waals surface area contributed by atoms with Crippen LogP contribution in [0, 0.1) is 0 Å². The lowest BCUT2D eigenvalue weighted by Crippen LogP contribution is -2.26. The fraction of sp³-hybridized carbons (Fsp3) is 0.263. The SMILES string of the molecule is O=C(NCc1ccc(N2CCCC2)nc1)c1n[nH]c(=O)c2ccccc12. The van der Waals surface area contributed by atoms with Gasteiger partial charge in [0.1, 0.15) is 5.82 Å². The molecule has 1 amide bonds. The summed E-state index contributed by atoms with van der Waals surface area (Å²) < 4.78 is 0. The van der Waals surface area contributed by atoms with Gasteiger partial charge < -0.3 is 10.2 Å². The summed E-state index contributed by atoms with van der Waals surface area (Å²) in [6, 6.07) is 10.9. The number of fused-ring (bicyclic) bond motifs is 1. The van der Waals surface area contributed by atoms with Gasteiger partial charge in [0.25, 0.3) is 11.5 Å². The largest absolute Gasteiger partial charge is 0.357 e. The average Bonchev–Trinajstić information content (AvgIpc) is 3.22. The molecule has 2 aromatic heterocycles. The molecule has 2 N–H and O–H groups in total. The summed E-state index contributed by atoms with van der Waals surface area (Å²) in [6.07, 6.45) is 4.20. The summed E-state index contributed by atoms with van der Waals surface area (Å²) in [5.41, 5.74) is 0.815. The zero-order valence-corrected chi connectivity index (χ0v) is 14.2. The van der Waals surface area contributed by atoms with Gasteiger partial charge >= 0.3 is 0 Å². The molecule has 1 aromatic carbocycles. The molecular weight excluding hydrogens is 330 g/mol. The van der Waals surface area contributed by atoms with Gasteiger partial charge in [0.05, 0.1) is 5.39 Å². The predicted octanol–water partition coefficient (Wildman–Crippen LogP) is 1.85. The first-order valence-corrected chi connectivity index (χ1v) is 8.68. The van der Waals surface area contributed by atoms with E-state index in [4.69, 9.17) is 0 Å². The molecule has 26 heavy (non-hydrogen) atoms. The first-order valence-electron chi connectivity index (χ1n) is 8.68. The number of nitrogens with one attached hydrogen (secondary N) is 2. The van der Waals surface area contributed by atoms with Crippen LogP contribution in [0.4, 0.5) is 5.82 Å². The third-order valence-corrected chi connectivity index (χ3v) is 4.60. The standard InChI is InChI=1S/C19H19N5O2/c25-18-15-6-2-1-5-14(15)17(22-23-18)19(26)21-12-13-7-8-16(20-11-13)24-9-3-4-10-24/h1-2,5-8,11H,3-4,9-10,12H2,(H,21,26)(H,23,25). The zero-order chi connectivity index (χ0) is 17.9. The van der Waals surface area contributed by atoms with E-state index in [1.165, 1.54) is 12.8 Å². The van der Waals surface area contributed by atoms with Crippen LogP contribution >= 0.6 is 0 Å². The van der Waals surface area contributed by atoms with Crippen LogP contribution in [0.5, 0.6) is 0 Å². The van der Waals surface area contributed by atoms with Crippen molar-refractivity contribution in [3.05, 3.63) is 64.2 Å². The van der Waals surface area contributed by atoms with Crippen molar-refractivity contribution in [3.63, 3.8) is 0 Å². The van der Waals surface area contributed by atoms with Crippen molar-refractivity contribution in [2.45, 2.75) is 19.4 Å². The fourth-order valence-corrected chi connectivity index (χ4v) is 3.21. The number of pyridine rings is 1. The van der Waals surface area contributed by atoms with Gasteiger partial charge in [0, 0.05) is 31.2 Å². The minimum Gasteiger partial charge on any atom is -0.357 e. The van der Waals surface area contributed by atoms with Crippen molar-refractivity contribution in [1.82, 2.24) is 20.5 Å². The van der Waals surface area contributed by atoms with Crippen molar-refractivity contribution in [3.8, 4) is 0 Å². The Kier molecular flexibility index (Phi) is 4.35. The number of rotatable bonds is 4. The average molecular weight is 349 g/mol. The maximum absolute atomic E-state index is 12.5. The van der Waals surface area contributed by atoms with Crippen LogP contribution in [0.2, 0.25) is 0 Å². The Hall–Kier alpha value is -3.22. The Labute approximate surface area is 150 Å². The van der Waals surface area contributed by atoms with Crippen molar-refractivity contribution in [2.24, 2.45) is 0 Å². The molecule has 0 bridgehead atoms. The Morgan fingerprint density at radius 1 is 1.12 bits per heavy atom. The lowest BCUT2D eigenvalue weighted by molar-refractivity contribution is 0.0946. The zero-order valence-electron chi connectivity index (χ0n) is 14.2.